The van der Waals surface area contributed by atoms with E-state index in [-0.39, 0.29) is 0 Å². The highest BCUT2D eigenvalue weighted by Crippen LogP contribution is 2.37. The fraction of sp³-hybridized carbons (Fsp3) is 0.778. The van der Waals surface area contributed by atoms with Crippen LogP contribution in [-0.4, -0.2) is 11.9 Å². The van der Waals surface area contributed by atoms with Crippen molar-refractivity contribution in [2.75, 3.05) is 11.9 Å². The van der Waals surface area contributed by atoms with Crippen molar-refractivity contribution in [3.63, 3.8) is 0 Å². The molecule has 0 saturated heterocycles. The highest BCUT2D eigenvalue weighted by Gasteiger charge is 2.21. The molecule has 0 unspecified atom stereocenters. The molecule has 1 aromatic rings. The van der Waals surface area contributed by atoms with Crippen molar-refractivity contribution in [2.45, 2.75) is 116 Å². The van der Waals surface area contributed by atoms with E-state index in [1.807, 2.05) is 0 Å². The molecule has 0 spiro atoms. The van der Waals surface area contributed by atoms with Gasteiger partial charge < -0.3 is 4.74 Å². The number of ether oxygens (including phenoxy) is 1. The van der Waals surface area contributed by atoms with Gasteiger partial charge in [0.25, 0.3) is 0 Å². The second-order valence-corrected chi connectivity index (χ2v) is 9.94. The summed E-state index contributed by atoms with van der Waals surface area (Å²) in [5, 5.41) is 1.17. The van der Waals surface area contributed by atoms with Crippen LogP contribution in [0.3, 0.4) is 0 Å². The maximum absolute atomic E-state index is 5.98. The average Bonchev–Trinajstić information content (AvgIpc) is 2.76. The van der Waals surface area contributed by atoms with Crippen molar-refractivity contribution in [2.24, 2.45) is 5.92 Å². The summed E-state index contributed by atoms with van der Waals surface area (Å²) in [7, 11) is 0. The minimum absolute atomic E-state index is 0.779. The zero-order chi connectivity index (χ0) is 20.6. The lowest BCUT2D eigenvalue weighted by molar-refractivity contribution is 0.302. The van der Waals surface area contributed by atoms with Crippen molar-refractivity contribution in [1.82, 2.24) is 0 Å². The fourth-order valence-corrected chi connectivity index (χ4v) is 5.23. The van der Waals surface area contributed by atoms with Gasteiger partial charge in [-0.3, -0.25) is 0 Å². The molecule has 29 heavy (non-hydrogen) atoms. The van der Waals surface area contributed by atoms with E-state index in [9.17, 15) is 0 Å². The van der Waals surface area contributed by atoms with Gasteiger partial charge in [-0.25, -0.2) is 0 Å². The van der Waals surface area contributed by atoms with Crippen molar-refractivity contribution < 1.29 is 4.74 Å². The van der Waals surface area contributed by atoms with Gasteiger partial charge in [0, 0.05) is 5.33 Å². The van der Waals surface area contributed by atoms with Crippen LogP contribution < -0.4 is 4.74 Å². The Labute approximate surface area is 189 Å². The molecule has 166 valence electrons. The summed E-state index contributed by atoms with van der Waals surface area (Å²) in [4.78, 5) is 0. The standard InChI is InChI=1S/C27H45BrO/c1-2-13-24-14-16-25(17-15-24)26-18-20-27(21-19-26)29-23-12-10-8-6-4-3-5-7-9-11-22-28/h18-21,24-25H,2-17,22-23H2,1H3/t24-,25-. The Morgan fingerprint density at radius 2 is 1.31 bits per heavy atom. The van der Waals surface area contributed by atoms with Crippen LogP contribution in [-0.2, 0) is 0 Å². The molecular formula is C27H45BrO. The van der Waals surface area contributed by atoms with Crippen molar-refractivity contribution in [3.8, 4) is 5.75 Å². The van der Waals surface area contributed by atoms with Gasteiger partial charge >= 0.3 is 0 Å². The Morgan fingerprint density at radius 1 is 0.759 bits per heavy atom. The molecule has 0 heterocycles. The van der Waals surface area contributed by atoms with E-state index >= 15 is 0 Å². The van der Waals surface area contributed by atoms with Crippen molar-refractivity contribution in [3.05, 3.63) is 29.8 Å². The molecule has 1 aliphatic carbocycles. The molecule has 0 N–H and O–H groups in total. The first-order valence-corrected chi connectivity index (χ1v) is 13.7. The molecule has 0 amide bonds. The normalized spacial score (nSPS) is 19.4. The van der Waals surface area contributed by atoms with E-state index in [1.54, 1.807) is 0 Å². The smallest absolute Gasteiger partial charge is 0.119 e. The van der Waals surface area contributed by atoms with E-state index in [2.05, 4.69) is 47.1 Å². The van der Waals surface area contributed by atoms with Crippen molar-refractivity contribution >= 4 is 15.9 Å². The van der Waals surface area contributed by atoms with Crippen LogP contribution in [0, 0.1) is 5.92 Å². The molecule has 1 fully saturated rings. The summed E-state index contributed by atoms with van der Waals surface area (Å²) >= 11 is 3.50. The lowest BCUT2D eigenvalue weighted by atomic mass is 9.77. The van der Waals surface area contributed by atoms with Gasteiger partial charge in [-0.05, 0) is 68.1 Å². The van der Waals surface area contributed by atoms with Gasteiger partial charge in [0.05, 0.1) is 6.61 Å². The van der Waals surface area contributed by atoms with Gasteiger partial charge in [-0.1, -0.05) is 99.2 Å². The van der Waals surface area contributed by atoms with E-state index in [0.29, 0.717) is 0 Å². The highest BCUT2D eigenvalue weighted by molar-refractivity contribution is 9.09. The number of rotatable bonds is 16. The first kappa shape index (κ1) is 24.8. The summed E-state index contributed by atoms with van der Waals surface area (Å²) in [6.45, 7) is 3.19. The SMILES string of the molecule is CCC[C@H]1CC[C@H](c2ccc(OCCCCCCCCCCCCBr)cc2)CC1. The number of halogens is 1. The molecule has 1 aromatic carbocycles. The quantitative estimate of drug-likeness (QED) is 0.174. The number of hydrogen-bond acceptors (Lipinski definition) is 1. The first-order valence-electron chi connectivity index (χ1n) is 12.6. The van der Waals surface area contributed by atoms with Gasteiger partial charge in [-0.15, -0.1) is 0 Å². The van der Waals surface area contributed by atoms with Gasteiger partial charge in [0.1, 0.15) is 5.75 Å². The van der Waals surface area contributed by atoms with Crippen molar-refractivity contribution in [1.29, 1.82) is 0 Å². The molecule has 0 aliphatic heterocycles. The Kier molecular flexibility index (Phi) is 13.9. The van der Waals surface area contributed by atoms with E-state index in [0.717, 1.165) is 24.2 Å². The third-order valence-electron chi connectivity index (χ3n) is 6.69. The Morgan fingerprint density at radius 3 is 1.86 bits per heavy atom. The molecule has 1 nitrogen and oxygen atoms in total. The molecule has 2 heteroatoms. The van der Waals surface area contributed by atoms with E-state index in [1.165, 1.54) is 114 Å². The topological polar surface area (TPSA) is 9.23 Å². The third-order valence-corrected chi connectivity index (χ3v) is 7.25. The second-order valence-electron chi connectivity index (χ2n) is 9.15. The van der Waals surface area contributed by atoms with Crippen LogP contribution in [0.5, 0.6) is 5.75 Å². The number of hydrogen-bond donors (Lipinski definition) is 0. The first-order chi connectivity index (χ1) is 14.3. The lowest BCUT2D eigenvalue weighted by Crippen LogP contribution is -2.13. The maximum Gasteiger partial charge on any atom is 0.119 e. The van der Waals surface area contributed by atoms with Crippen LogP contribution in [0.4, 0.5) is 0 Å². The van der Waals surface area contributed by atoms with Gasteiger partial charge in [0.15, 0.2) is 0 Å². The van der Waals surface area contributed by atoms with Crippen LogP contribution in [0.15, 0.2) is 24.3 Å². The molecule has 1 aliphatic rings. The number of unbranched alkanes of at least 4 members (excludes halogenated alkanes) is 9. The summed E-state index contributed by atoms with van der Waals surface area (Å²) in [5.41, 5.74) is 1.53. The lowest BCUT2D eigenvalue weighted by Gasteiger charge is -2.28. The predicted octanol–water partition coefficient (Wildman–Crippen LogP) is 9.44. The summed E-state index contributed by atoms with van der Waals surface area (Å²) in [6.07, 6.45) is 22.0. The number of alkyl halides is 1. The van der Waals surface area contributed by atoms with E-state index < -0.39 is 0 Å². The fourth-order valence-electron chi connectivity index (χ4n) is 4.83. The molecule has 0 atom stereocenters. The maximum atomic E-state index is 5.98. The summed E-state index contributed by atoms with van der Waals surface area (Å²) in [5.74, 6) is 2.82. The molecule has 1 saturated carbocycles. The van der Waals surface area contributed by atoms with E-state index in [4.69, 9.17) is 4.74 Å². The Bertz CT molecular complexity index is 490. The number of benzene rings is 1. The minimum Gasteiger partial charge on any atom is -0.494 e. The second kappa shape index (κ2) is 16.2. The van der Waals surface area contributed by atoms with Crippen LogP contribution in [0.1, 0.15) is 121 Å². The van der Waals surface area contributed by atoms with Crippen LogP contribution >= 0.6 is 15.9 Å². The van der Waals surface area contributed by atoms with Gasteiger partial charge in [-0.2, -0.15) is 0 Å². The largest absolute Gasteiger partial charge is 0.494 e. The summed E-state index contributed by atoms with van der Waals surface area (Å²) < 4.78 is 5.98. The minimum atomic E-state index is 0.779. The molecule has 2 rings (SSSR count). The Balaban J connectivity index is 1.47. The molecule has 0 radical (unpaired) electrons. The Hall–Kier alpha value is -0.500. The van der Waals surface area contributed by atoms with Crippen LogP contribution in [0.25, 0.3) is 0 Å². The predicted molar refractivity (Wildman–Crippen MR) is 132 cm³/mol. The van der Waals surface area contributed by atoms with Crippen LogP contribution in [0.2, 0.25) is 0 Å². The zero-order valence-corrected chi connectivity index (χ0v) is 20.6. The third kappa shape index (κ3) is 10.9. The summed E-state index contributed by atoms with van der Waals surface area (Å²) in [6, 6.07) is 9.03. The monoisotopic (exact) mass is 464 g/mol. The highest BCUT2D eigenvalue weighted by atomic mass is 79.9. The molecule has 0 aromatic heterocycles. The molecular weight excluding hydrogens is 420 g/mol. The molecule has 0 bridgehead atoms. The average molecular weight is 466 g/mol. The van der Waals surface area contributed by atoms with Gasteiger partial charge in [0.2, 0.25) is 0 Å². The zero-order valence-electron chi connectivity index (χ0n) is 19.0.